The lowest BCUT2D eigenvalue weighted by atomic mass is 10.3. The Balaban J connectivity index is 2.07. The normalized spacial score (nSPS) is 10.5. The molecule has 1 aromatic heterocycles. The predicted molar refractivity (Wildman–Crippen MR) is 77.4 cm³/mol. The second kappa shape index (κ2) is 5.76. The quantitative estimate of drug-likeness (QED) is 0.516. The van der Waals surface area contributed by atoms with Gasteiger partial charge in [-0.05, 0) is 51.8 Å². The Labute approximate surface area is 118 Å². The zero-order valence-electron chi connectivity index (χ0n) is 8.86. The number of pyridine rings is 1. The summed E-state index contributed by atoms with van der Waals surface area (Å²) in [5.74, 6) is 0.852. The predicted octanol–water partition coefficient (Wildman–Crippen LogP) is 4.37. The Morgan fingerprint density at radius 2 is 2.12 bits per heavy atom. The third-order valence-corrected chi connectivity index (χ3v) is 4.41. The summed E-state index contributed by atoms with van der Waals surface area (Å²) < 4.78 is 1.02. The lowest BCUT2D eigenvalue weighted by Gasteiger charge is -2.05. The molecule has 2 aromatic rings. The summed E-state index contributed by atoms with van der Waals surface area (Å²) >= 11 is 11.1. The van der Waals surface area contributed by atoms with Gasteiger partial charge >= 0.3 is 0 Å². The molecule has 2 nitrogen and oxygen atoms in total. The average Bonchev–Trinajstić information content (AvgIpc) is 2.28. The number of nitrogens with two attached hydrogens (primary N) is 1. The number of rotatable bonds is 3. The highest BCUT2D eigenvalue weighted by molar-refractivity contribution is 9.10. The lowest BCUT2D eigenvalue weighted by molar-refractivity contribution is 1.27. The molecule has 1 heterocycles. The zero-order chi connectivity index (χ0) is 12.3. The van der Waals surface area contributed by atoms with Crippen molar-refractivity contribution >= 4 is 45.0 Å². The van der Waals surface area contributed by atoms with Crippen LogP contribution in [0.1, 0.15) is 5.56 Å². The van der Waals surface area contributed by atoms with Crippen LogP contribution in [0, 0.1) is 0 Å². The number of aromatic nitrogens is 1. The summed E-state index contributed by atoms with van der Waals surface area (Å²) in [7, 11) is 0. The molecule has 0 saturated heterocycles. The van der Waals surface area contributed by atoms with Gasteiger partial charge < -0.3 is 5.73 Å². The molecule has 0 aliphatic carbocycles. The van der Waals surface area contributed by atoms with Crippen LogP contribution in [0.3, 0.4) is 0 Å². The van der Waals surface area contributed by atoms with Crippen LogP contribution in [0.2, 0.25) is 5.15 Å². The first-order valence-corrected chi connectivity index (χ1v) is 7.09. The number of hydrogen-bond donors (Lipinski definition) is 1. The third-order valence-electron chi connectivity index (χ3n) is 2.14. The van der Waals surface area contributed by atoms with Crippen LogP contribution < -0.4 is 5.73 Å². The Kier molecular flexibility index (Phi) is 4.31. The van der Waals surface area contributed by atoms with Gasteiger partial charge in [-0.25, -0.2) is 4.98 Å². The van der Waals surface area contributed by atoms with E-state index in [9.17, 15) is 0 Å². The van der Waals surface area contributed by atoms with Gasteiger partial charge in [0.25, 0.3) is 0 Å². The van der Waals surface area contributed by atoms with Crippen molar-refractivity contribution in [1.29, 1.82) is 0 Å². The van der Waals surface area contributed by atoms with E-state index in [2.05, 4.69) is 20.9 Å². The van der Waals surface area contributed by atoms with Crippen molar-refractivity contribution in [1.82, 2.24) is 4.98 Å². The molecule has 0 aliphatic rings. The molecule has 0 atom stereocenters. The molecular formula is C12H10BrClN2S. The topological polar surface area (TPSA) is 38.9 Å². The van der Waals surface area contributed by atoms with E-state index < -0.39 is 0 Å². The van der Waals surface area contributed by atoms with Gasteiger partial charge in [0, 0.05) is 27.0 Å². The third kappa shape index (κ3) is 3.63. The minimum absolute atomic E-state index is 0.527. The second-order valence-corrected chi connectivity index (χ2v) is 5.72. The molecule has 5 heteroatoms. The number of anilines is 1. The molecule has 2 N–H and O–H groups in total. The SMILES string of the molecule is Nc1ccc(SCc2ccnc(Cl)c2)c(Br)c1. The summed E-state index contributed by atoms with van der Waals surface area (Å²) in [6.45, 7) is 0. The number of thioether (sulfide) groups is 1. The first kappa shape index (κ1) is 12.7. The van der Waals surface area contributed by atoms with Crippen molar-refractivity contribution in [3.63, 3.8) is 0 Å². The van der Waals surface area contributed by atoms with Crippen LogP contribution in [-0.4, -0.2) is 4.98 Å². The lowest BCUT2D eigenvalue weighted by Crippen LogP contribution is -1.86. The van der Waals surface area contributed by atoms with Crippen LogP contribution in [0.25, 0.3) is 0 Å². The summed E-state index contributed by atoms with van der Waals surface area (Å²) in [4.78, 5) is 5.11. The zero-order valence-corrected chi connectivity index (χ0v) is 12.0. The fraction of sp³-hybridized carbons (Fsp3) is 0.0833. The van der Waals surface area contributed by atoms with E-state index in [0.29, 0.717) is 5.15 Å². The van der Waals surface area contributed by atoms with Crippen molar-refractivity contribution in [2.75, 3.05) is 5.73 Å². The summed E-state index contributed by atoms with van der Waals surface area (Å²) in [6, 6.07) is 9.64. The highest BCUT2D eigenvalue weighted by Crippen LogP contribution is 2.31. The van der Waals surface area contributed by atoms with Gasteiger partial charge in [-0.15, -0.1) is 11.8 Å². The van der Waals surface area contributed by atoms with Crippen molar-refractivity contribution in [3.05, 3.63) is 51.7 Å². The van der Waals surface area contributed by atoms with E-state index in [4.69, 9.17) is 17.3 Å². The van der Waals surface area contributed by atoms with Gasteiger partial charge in [0.05, 0.1) is 0 Å². The Bertz CT molecular complexity index is 534. The molecule has 0 radical (unpaired) electrons. The molecule has 0 saturated carbocycles. The Morgan fingerprint density at radius 1 is 1.29 bits per heavy atom. The summed E-state index contributed by atoms with van der Waals surface area (Å²) in [6.07, 6.45) is 1.72. The van der Waals surface area contributed by atoms with Gasteiger partial charge in [0.2, 0.25) is 0 Å². The Hall–Kier alpha value is -0.710. The van der Waals surface area contributed by atoms with Crippen LogP contribution in [0.4, 0.5) is 5.69 Å². The smallest absolute Gasteiger partial charge is 0.129 e. The molecule has 0 fully saturated rings. The molecule has 88 valence electrons. The molecule has 17 heavy (non-hydrogen) atoms. The standard InChI is InChI=1S/C12H10BrClN2S/c13-10-6-9(15)1-2-11(10)17-7-8-3-4-16-12(14)5-8/h1-6H,7,15H2. The maximum atomic E-state index is 5.83. The molecule has 0 unspecified atom stereocenters. The maximum absolute atomic E-state index is 5.83. The van der Waals surface area contributed by atoms with Crippen molar-refractivity contribution in [3.8, 4) is 0 Å². The van der Waals surface area contributed by atoms with Gasteiger partial charge in [0.15, 0.2) is 0 Å². The largest absolute Gasteiger partial charge is 0.399 e. The molecule has 1 aromatic carbocycles. The maximum Gasteiger partial charge on any atom is 0.129 e. The summed E-state index contributed by atoms with van der Waals surface area (Å²) in [5.41, 5.74) is 7.60. The number of benzene rings is 1. The number of hydrogen-bond acceptors (Lipinski definition) is 3. The fourth-order valence-corrected chi connectivity index (χ4v) is 3.13. The van der Waals surface area contributed by atoms with Crippen LogP contribution in [-0.2, 0) is 5.75 Å². The first-order valence-electron chi connectivity index (χ1n) is 4.93. The van der Waals surface area contributed by atoms with E-state index in [1.54, 1.807) is 18.0 Å². The minimum atomic E-state index is 0.527. The second-order valence-electron chi connectivity index (χ2n) is 3.47. The van der Waals surface area contributed by atoms with E-state index in [1.807, 2.05) is 30.3 Å². The van der Waals surface area contributed by atoms with Crippen molar-refractivity contribution in [2.24, 2.45) is 0 Å². The summed E-state index contributed by atoms with van der Waals surface area (Å²) in [5, 5.41) is 0.527. The van der Waals surface area contributed by atoms with Gasteiger partial charge in [0.1, 0.15) is 5.15 Å². The van der Waals surface area contributed by atoms with Crippen LogP contribution in [0.15, 0.2) is 45.9 Å². The Morgan fingerprint density at radius 3 is 2.82 bits per heavy atom. The highest BCUT2D eigenvalue weighted by Gasteiger charge is 2.02. The van der Waals surface area contributed by atoms with E-state index >= 15 is 0 Å². The molecule has 0 spiro atoms. The number of nitrogen functional groups attached to an aromatic ring is 1. The average molecular weight is 330 g/mol. The van der Waals surface area contributed by atoms with Crippen LogP contribution in [0.5, 0.6) is 0 Å². The molecular weight excluding hydrogens is 320 g/mol. The number of nitrogens with zero attached hydrogens (tertiary/aromatic N) is 1. The van der Waals surface area contributed by atoms with Crippen molar-refractivity contribution < 1.29 is 0 Å². The molecule has 0 aliphatic heterocycles. The van der Waals surface area contributed by atoms with Crippen LogP contribution >= 0.6 is 39.3 Å². The van der Waals surface area contributed by atoms with Gasteiger partial charge in [-0.1, -0.05) is 11.6 Å². The van der Waals surface area contributed by atoms with Gasteiger partial charge in [-0.3, -0.25) is 0 Å². The minimum Gasteiger partial charge on any atom is -0.399 e. The molecule has 2 rings (SSSR count). The van der Waals surface area contributed by atoms with Gasteiger partial charge in [-0.2, -0.15) is 0 Å². The fourth-order valence-electron chi connectivity index (χ4n) is 1.33. The monoisotopic (exact) mass is 328 g/mol. The van der Waals surface area contributed by atoms with E-state index in [-0.39, 0.29) is 0 Å². The molecule has 0 bridgehead atoms. The molecule has 0 amide bonds. The first-order chi connectivity index (χ1) is 8.15. The van der Waals surface area contributed by atoms with E-state index in [1.165, 1.54) is 0 Å². The van der Waals surface area contributed by atoms with E-state index in [0.717, 1.165) is 26.4 Å². The highest BCUT2D eigenvalue weighted by atomic mass is 79.9. The van der Waals surface area contributed by atoms with Crippen molar-refractivity contribution in [2.45, 2.75) is 10.6 Å². The number of halogens is 2.